The molecule has 0 amide bonds. The van der Waals surface area contributed by atoms with Gasteiger partial charge in [0.05, 0.1) is 13.2 Å². The van der Waals surface area contributed by atoms with Crippen molar-refractivity contribution in [2.45, 2.75) is 13.5 Å². The van der Waals surface area contributed by atoms with E-state index in [4.69, 9.17) is 9.47 Å². The molecule has 0 radical (unpaired) electrons. The van der Waals surface area contributed by atoms with Crippen molar-refractivity contribution in [1.29, 1.82) is 0 Å². The van der Waals surface area contributed by atoms with Crippen molar-refractivity contribution < 1.29 is 9.47 Å². The average molecular weight is 266 g/mol. The molecule has 1 aromatic carbocycles. The minimum absolute atomic E-state index is 0.714. The van der Waals surface area contributed by atoms with Crippen LogP contribution in [0.2, 0.25) is 0 Å². The highest BCUT2D eigenvalue weighted by Gasteiger charge is 1.98. The van der Waals surface area contributed by atoms with Crippen molar-refractivity contribution in [3.8, 4) is 5.75 Å². The van der Waals surface area contributed by atoms with E-state index in [1.54, 1.807) is 7.11 Å². The van der Waals surface area contributed by atoms with E-state index in [2.05, 4.69) is 29.4 Å². The maximum absolute atomic E-state index is 5.42. The van der Waals surface area contributed by atoms with Crippen molar-refractivity contribution in [2.24, 2.45) is 0 Å². The molecule has 1 aromatic rings. The van der Waals surface area contributed by atoms with Gasteiger partial charge in [-0.25, -0.2) is 0 Å². The van der Waals surface area contributed by atoms with Crippen LogP contribution in [-0.4, -0.2) is 51.9 Å². The molecule has 19 heavy (non-hydrogen) atoms. The summed E-state index contributed by atoms with van der Waals surface area (Å²) in [4.78, 5) is 2.26. The third kappa shape index (κ3) is 7.15. The van der Waals surface area contributed by atoms with E-state index in [1.165, 1.54) is 5.56 Å². The number of ether oxygens (including phenoxy) is 2. The zero-order valence-corrected chi connectivity index (χ0v) is 12.3. The molecule has 0 aliphatic carbocycles. The second-order valence-electron chi connectivity index (χ2n) is 4.55. The molecule has 0 saturated carbocycles. The summed E-state index contributed by atoms with van der Waals surface area (Å²) >= 11 is 0. The summed E-state index contributed by atoms with van der Waals surface area (Å²) in [5.74, 6) is 0.936. The second kappa shape index (κ2) is 9.78. The van der Waals surface area contributed by atoms with E-state index < -0.39 is 0 Å². The molecular weight excluding hydrogens is 240 g/mol. The van der Waals surface area contributed by atoms with E-state index in [9.17, 15) is 0 Å². The molecule has 0 heterocycles. The SMILES string of the molecule is CCOc1ccc(CNCCN(C)CCOC)cc1. The Bertz CT molecular complexity index is 327. The van der Waals surface area contributed by atoms with Crippen LogP contribution in [0.15, 0.2) is 24.3 Å². The number of methoxy groups -OCH3 is 1. The molecule has 0 bridgehead atoms. The number of hydrogen-bond donors (Lipinski definition) is 1. The highest BCUT2D eigenvalue weighted by Crippen LogP contribution is 2.11. The van der Waals surface area contributed by atoms with E-state index in [0.717, 1.165) is 38.5 Å². The summed E-state index contributed by atoms with van der Waals surface area (Å²) in [7, 11) is 3.84. The maximum atomic E-state index is 5.42. The number of likely N-dealkylation sites (N-methyl/N-ethyl adjacent to an activating group) is 1. The highest BCUT2D eigenvalue weighted by atomic mass is 16.5. The molecule has 108 valence electrons. The fourth-order valence-electron chi connectivity index (χ4n) is 1.73. The van der Waals surface area contributed by atoms with Crippen LogP contribution in [0.3, 0.4) is 0 Å². The van der Waals surface area contributed by atoms with Crippen LogP contribution < -0.4 is 10.1 Å². The molecule has 0 aromatic heterocycles. The zero-order valence-electron chi connectivity index (χ0n) is 12.3. The Hall–Kier alpha value is -1.10. The Morgan fingerprint density at radius 2 is 1.89 bits per heavy atom. The number of benzene rings is 1. The van der Waals surface area contributed by atoms with Crippen molar-refractivity contribution >= 4 is 0 Å². The van der Waals surface area contributed by atoms with Gasteiger partial charge in [0, 0.05) is 33.3 Å². The molecule has 0 atom stereocenters. The standard InChI is InChI=1S/C15H26N2O2/c1-4-19-15-7-5-14(6-8-15)13-16-9-10-17(2)11-12-18-3/h5-8,16H,4,9-13H2,1-3H3. The Balaban J connectivity index is 2.15. The summed E-state index contributed by atoms with van der Waals surface area (Å²) in [5.41, 5.74) is 1.28. The molecule has 4 heteroatoms. The van der Waals surface area contributed by atoms with E-state index >= 15 is 0 Å². The summed E-state index contributed by atoms with van der Waals surface area (Å²) in [6.45, 7) is 7.37. The minimum Gasteiger partial charge on any atom is -0.494 e. The fourth-order valence-corrected chi connectivity index (χ4v) is 1.73. The van der Waals surface area contributed by atoms with Crippen molar-refractivity contribution in [3.05, 3.63) is 29.8 Å². The van der Waals surface area contributed by atoms with Crippen LogP contribution in [0.5, 0.6) is 5.75 Å². The Labute approximate surface area is 116 Å². The number of nitrogens with zero attached hydrogens (tertiary/aromatic N) is 1. The molecule has 0 saturated heterocycles. The molecular formula is C15H26N2O2. The molecule has 1 rings (SSSR count). The molecule has 4 nitrogen and oxygen atoms in total. The summed E-state index contributed by atoms with van der Waals surface area (Å²) < 4.78 is 10.5. The molecule has 0 aliphatic heterocycles. The topological polar surface area (TPSA) is 33.7 Å². The normalized spacial score (nSPS) is 10.9. The maximum Gasteiger partial charge on any atom is 0.119 e. The third-order valence-electron chi connectivity index (χ3n) is 2.91. The predicted molar refractivity (Wildman–Crippen MR) is 78.7 cm³/mol. The van der Waals surface area contributed by atoms with Gasteiger partial charge in [0.25, 0.3) is 0 Å². The molecule has 0 fully saturated rings. The average Bonchev–Trinajstić information content (AvgIpc) is 2.43. The fraction of sp³-hybridized carbons (Fsp3) is 0.600. The van der Waals surface area contributed by atoms with E-state index in [1.807, 2.05) is 19.1 Å². The van der Waals surface area contributed by atoms with Crippen molar-refractivity contribution in [2.75, 3.05) is 47.0 Å². The van der Waals surface area contributed by atoms with Crippen LogP contribution in [0, 0.1) is 0 Å². The largest absolute Gasteiger partial charge is 0.494 e. The first-order valence-corrected chi connectivity index (χ1v) is 6.86. The molecule has 0 aliphatic rings. The zero-order chi connectivity index (χ0) is 13.9. The summed E-state index contributed by atoms with van der Waals surface area (Å²) in [6, 6.07) is 8.25. The van der Waals surface area contributed by atoms with Crippen LogP contribution in [0.25, 0.3) is 0 Å². The lowest BCUT2D eigenvalue weighted by molar-refractivity contribution is 0.161. The van der Waals surface area contributed by atoms with Gasteiger partial charge in [-0.3, -0.25) is 0 Å². The first-order valence-electron chi connectivity index (χ1n) is 6.86. The van der Waals surface area contributed by atoms with Gasteiger partial charge in [0.1, 0.15) is 5.75 Å². The van der Waals surface area contributed by atoms with Gasteiger partial charge < -0.3 is 19.7 Å². The van der Waals surface area contributed by atoms with Crippen LogP contribution in [-0.2, 0) is 11.3 Å². The van der Waals surface area contributed by atoms with Gasteiger partial charge in [-0.05, 0) is 31.7 Å². The second-order valence-corrected chi connectivity index (χ2v) is 4.55. The van der Waals surface area contributed by atoms with Gasteiger partial charge in [-0.15, -0.1) is 0 Å². The van der Waals surface area contributed by atoms with E-state index in [0.29, 0.717) is 6.61 Å². The lowest BCUT2D eigenvalue weighted by Gasteiger charge is -2.16. The van der Waals surface area contributed by atoms with Gasteiger partial charge in [-0.1, -0.05) is 12.1 Å². The smallest absolute Gasteiger partial charge is 0.119 e. The lowest BCUT2D eigenvalue weighted by Crippen LogP contribution is -2.31. The van der Waals surface area contributed by atoms with Gasteiger partial charge in [0.15, 0.2) is 0 Å². The number of nitrogens with one attached hydrogen (secondary N) is 1. The van der Waals surface area contributed by atoms with Crippen LogP contribution in [0.1, 0.15) is 12.5 Å². The predicted octanol–water partition coefficient (Wildman–Crippen LogP) is 1.75. The Morgan fingerprint density at radius 1 is 1.16 bits per heavy atom. The first kappa shape index (κ1) is 16.0. The number of rotatable bonds is 10. The molecule has 0 unspecified atom stereocenters. The van der Waals surface area contributed by atoms with Gasteiger partial charge >= 0.3 is 0 Å². The molecule has 1 N–H and O–H groups in total. The van der Waals surface area contributed by atoms with Gasteiger partial charge in [0.2, 0.25) is 0 Å². The highest BCUT2D eigenvalue weighted by molar-refractivity contribution is 5.27. The molecule has 0 spiro atoms. The minimum atomic E-state index is 0.714. The first-order chi connectivity index (χ1) is 9.26. The number of hydrogen-bond acceptors (Lipinski definition) is 4. The van der Waals surface area contributed by atoms with E-state index in [-0.39, 0.29) is 0 Å². The summed E-state index contributed by atoms with van der Waals surface area (Å²) in [6.07, 6.45) is 0. The lowest BCUT2D eigenvalue weighted by atomic mass is 10.2. The van der Waals surface area contributed by atoms with Crippen molar-refractivity contribution in [1.82, 2.24) is 10.2 Å². The van der Waals surface area contributed by atoms with Crippen LogP contribution in [0.4, 0.5) is 0 Å². The Morgan fingerprint density at radius 3 is 2.53 bits per heavy atom. The van der Waals surface area contributed by atoms with Crippen LogP contribution >= 0.6 is 0 Å². The monoisotopic (exact) mass is 266 g/mol. The third-order valence-corrected chi connectivity index (χ3v) is 2.91. The quantitative estimate of drug-likeness (QED) is 0.654. The van der Waals surface area contributed by atoms with Gasteiger partial charge in [-0.2, -0.15) is 0 Å². The summed E-state index contributed by atoms with van der Waals surface area (Å²) in [5, 5.41) is 3.44. The Kier molecular flexibility index (Phi) is 8.21. The van der Waals surface area contributed by atoms with Crippen molar-refractivity contribution in [3.63, 3.8) is 0 Å².